The molecule has 0 spiro atoms. The molecule has 2 N–H and O–H groups in total. The predicted molar refractivity (Wildman–Crippen MR) is 97.6 cm³/mol. The molecule has 25 heavy (non-hydrogen) atoms. The molecule has 0 saturated carbocycles. The summed E-state index contributed by atoms with van der Waals surface area (Å²) in [4.78, 5) is 12.1. The van der Waals surface area contributed by atoms with E-state index in [1.807, 2.05) is 38.1 Å². The number of urea groups is 1. The predicted octanol–water partition coefficient (Wildman–Crippen LogP) is 3.81. The second kappa shape index (κ2) is 9.42. The molecule has 0 radical (unpaired) electrons. The Morgan fingerprint density at radius 3 is 2.28 bits per heavy atom. The molecule has 6 heteroatoms. The highest BCUT2D eigenvalue weighted by Gasteiger charge is 2.08. The Bertz CT molecular complexity index is 686. The SMILES string of the molecule is CCOc1ccc(NC(=O)NCc2ccc(OC)cc2)cc1OCC. The van der Waals surface area contributed by atoms with Gasteiger partial charge in [0.1, 0.15) is 5.75 Å². The van der Waals surface area contributed by atoms with Crippen LogP contribution in [0, 0.1) is 0 Å². The first kappa shape index (κ1) is 18.4. The first-order valence-electron chi connectivity index (χ1n) is 8.23. The lowest BCUT2D eigenvalue weighted by Crippen LogP contribution is -2.28. The Hall–Kier alpha value is -2.89. The van der Waals surface area contributed by atoms with Gasteiger partial charge in [0.2, 0.25) is 0 Å². The third-order valence-electron chi connectivity index (χ3n) is 3.41. The van der Waals surface area contributed by atoms with E-state index in [1.54, 1.807) is 25.3 Å². The van der Waals surface area contributed by atoms with E-state index in [1.165, 1.54) is 0 Å². The largest absolute Gasteiger partial charge is 0.497 e. The third-order valence-corrected chi connectivity index (χ3v) is 3.41. The summed E-state index contributed by atoms with van der Waals surface area (Å²) in [5.41, 5.74) is 1.62. The van der Waals surface area contributed by atoms with Gasteiger partial charge in [-0.25, -0.2) is 4.79 Å². The van der Waals surface area contributed by atoms with Gasteiger partial charge in [-0.15, -0.1) is 0 Å². The molecule has 2 aromatic rings. The van der Waals surface area contributed by atoms with Crippen molar-refractivity contribution >= 4 is 11.7 Å². The van der Waals surface area contributed by atoms with E-state index in [0.717, 1.165) is 11.3 Å². The zero-order valence-electron chi connectivity index (χ0n) is 14.8. The van der Waals surface area contributed by atoms with Crippen LogP contribution in [0.1, 0.15) is 19.4 Å². The monoisotopic (exact) mass is 344 g/mol. The average molecular weight is 344 g/mol. The number of methoxy groups -OCH3 is 1. The molecule has 0 heterocycles. The Kier molecular flexibility index (Phi) is 6.95. The van der Waals surface area contributed by atoms with Crippen molar-refractivity contribution in [1.29, 1.82) is 0 Å². The van der Waals surface area contributed by atoms with Gasteiger partial charge < -0.3 is 24.8 Å². The molecule has 134 valence electrons. The third kappa shape index (κ3) is 5.60. The van der Waals surface area contributed by atoms with Crippen LogP contribution in [0.2, 0.25) is 0 Å². The van der Waals surface area contributed by atoms with Crippen LogP contribution in [-0.2, 0) is 6.54 Å². The zero-order valence-corrected chi connectivity index (χ0v) is 14.8. The van der Waals surface area contributed by atoms with E-state index in [0.29, 0.717) is 36.9 Å². The first-order valence-corrected chi connectivity index (χ1v) is 8.23. The van der Waals surface area contributed by atoms with Crippen molar-refractivity contribution in [3.63, 3.8) is 0 Å². The number of carbonyl (C=O) groups is 1. The molecule has 0 saturated heterocycles. The lowest BCUT2D eigenvalue weighted by atomic mass is 10.2. The lowest BCUT2D eigenvalue weighted by molar-refractivity contribution is 0.251. The summed E-state index contributed by atoms with van der Waals surface area (Å²) in [6.07, 6.45) is 0. The van der Waals surface area contributed by atoms with Gasteiger partial charge >= 0.3 is 6.03 Å². The van der Waals surface area contributed by atoms with Gasteiger partial charge in [0, 0.05) is 18.3 Å². The summed E-state index contributed by atoms with van der Waals surface area (Å²) in [5, 5.41) is 5.61. The minimum Gasteiger partial charge on any atom is -0.497 e. The molecule has 2 aromatic carbocycles. The van der Waals surface area contributed by atoms with Crippen LogP contribution in [0.25, 0.3) is 0 Å². The molecule has 0 bridgehead atoms. The second-order valence-electron chi connectivity index (χ2n) is 5.18. The minimum atomic E-state index is -0.289. The summed E-state index contributed by atoms with van der Waals surface area (Å²) in [6.45, 7) is 5.31. The van der Waals surface area contributed by atoms with E-state index in [9.17, 15) is 4.79 Å². The minimum absolute atomic E-state index is 0.289. The molecule has 0 fully saturated rings. The number of nitrogens with one attached hydrogen (secondary N) is 2. The number of hydrogen-bond donors (Lipinski definition) is 2. The van der Waals surface area contributed by atoms with Gasteiger partial charge in [0.25, 0.3) is 0 Å². The Labute approximate surface area is 148 Å². The maximum absolute atomic E-state index is 12.1. The van der Waals surface area contributed by atoms with Crippen molar-refractivity contribution in [3.05, 3.63) is 48.0 Å². The molecule has 0 aliphatic rings. The van der Waals surface area contributed by atoms with Crippen molar-refractivity contribution < 1.29 is 19.0 Å². The van der Waals surface area contributed by atoms with Crippen molar-refractivity contribution in [1.82, 2.24) is 5.32 Å². The van der Waals surface area contributed by atoms with Crippen LogP contribution >= 0.6 is 0 Å². The van der Waals surface area contributed by atoms with Crippen molar-refractivity contribution in [3.8, 4) is 17.2 Å². The molecule has 6 nitrogen and oxygen atoms in total. The molecule has 0 aromatic heterocycles. The summed E-state index contributed by atoms with van der Waals surface area (Å²) in [6, 6.07) is 12.6. The average Bonchev–Trinajstić information content (AvgIpc) is 2.63. The first-order chi connectivity index (χ1) is 12.2. The van der Waals surface area contributed by atoms with E-state index in [4.69, 9.17) is 14.2 Å². The highest BCUT2D eigenvalue weighted by molar-refractivity contribution is 5.89. The van der Waals surface area contributed by atoms with Crippen LogP contribution in [0.4, 0.5) is 10.5 Å². The highest BCUT2D eigenvalue weighted by Crippen LogP contribution is 2.30. The molecule has 0 aliphatic carbocycles. The van der Waals surface area contributed by atoms with Crippen LogP contribution < -0.4 is 24.8 Å². The molecule has 2 rings (SSSR count). The molecule has 0 atom stereocenters. The lowest BCUT2D eigenvalue weighted by Gasteiger charge is -2.13. The molecule has 0 aliphatic heterocycles. The van der Waals surface area contributed by atoms with Crippen molar-refractivity contribution in [2.75, 3.05) is 25.6 Å². The van der Waals surface area contributed by atoms with E-state index in [2.05, 4.69) is 10.6 Å². The van der Waals surface area contributed by atoms with Crippen LogP contribution in [0.15, 0.2) is 42.5 Å². The number of amides is 2. The normalized spacial score (nSPS) is 10.0. The van der Waals surface area contributed by atoms with E-state index in [-0.39, 0.29) is 6.03 Å². The number of hydrogen-bond acceptors (Lipinski definition) is 4. The summed E-state index contributed by atoms with van der Waals surface area (Å²) < 4.78 is 16.2. The van der Waals surface area contributed by atoms with Crippen LogP contribution in [-0.4, -0.2) is 26.4 Å². The maximum Gasteiger partial charge on any atom is 0.319 e. The van der Waals surface area contributed by atoms with Crippen molar-refractivity contribution in [2.24, 2.45) is 0 Å². The highest BCUT2D eigenvalue weighted by atomic mass is 16.5. The Morgan fingerprint density at radius 2 is 1.64 bits per heavy atom. The number of anilines is 1. The number of rotatable bonds is 8. The molecular formula is C19H24N2O4. The van der Waals surface area contributed by atoms with E-state index < -0.39 is 0 Å². The number of benzene rings is 2. The second-order valence-corrected chi connectivity index (χ2v) is 5.18. The fraction of sp³-hybridized carbons (Fsp3) is 0.316. The van der Waals surface area contributed by atoms with Gasteiger partial charge in [0.15, 0.2) is 11.5 Å². The van der Waals surface area contributed by atoms with E-state index >= 15 is 0 Å². The molecule has 0 unspecified atom stereocenters. The van der Waals surface area contributed by atoms with Crippen LogP contribution in [0.5, 0.6) is 17.2 Å². The van der Waals surface area contributed by atoms with Crippen LogP contribution in [0.3, 0.4) is 0 Å². The fourth-order valence-corrected chi connectivity index (χ4v) is 2.23. The maximum atomic E-state index is 12.1. The van der Waals surface area contributed by atoms with Crippen molar-refractivity contribution in [2.45, 2.75) is 20.4 Å². The summed E-state index contributed by atoms with van der Waals surface area (Å²) in [5.74, 6) is 2.05. The standard InChI is InChI=1S/C19H24N2O4/c1-4-24-17-11-8-15(12-18(17)25-5-2)21-19(22)20-13-14-6-9-16(23-3)10-7-14/h6-12H,4-5,13H2,1-3H3,(H2,20,21,22). The quantitative estimate of drug-likeness (QED) is 0.764. The van der Waals surface area contributed by atoms with Gasteiger partial charge in [-0.2, -0.15) is 0 Å². The number of carbonyl (C=O) groups excluding carboxylic acids is 1. The topological polar surface area (TPSA) is 68.8 Å². The smallest absolute Gasteiger partial charge is 0.319 e. The van der Waals surface area contributed by atoms with Gasteiger partial charge in [-0.05, 0) is 43.7 Å². The Morgan fingerprint density at radius 1 is 0.960 bits per heavy atom. The van der Waals surface area contributed by atoms with Gasteiger partial charge in [-0.1, -0.05) is 12.1 Å². The summed E-state index contributed by atoms with van der Waals surface area (Å²) in [7, 11) is 1.62. The fourth-order valence-electron chi connectivity index (χ4n) is 2.23. The Balaban J connectivity index is 1.93. The molecular weight excluding hydrogens is 320 g/mol. The van der Waals surface area contributed by atoms with Gasteiger partial charge in [-0.3, -0.25) is 0 Å². The number of ether oxygens (including phenoxy) is 3. The zero-order chi connectivity index (χ0) is 18.1. The van der Waals surface area contributed by atoms with Gasteiger partial charge in [0.05, 0.1) is 20.3 Å². The molecule has 2 amide bonds. The summed E-state index contributed by atoms with van der Waals surface area (Å²) >= 11 is 0.